The van der Waals surface area contributed by atoms with Crippen LogP contribution in [0.1, 0.15) is 15.9 Å². The fraction of sp³-hybridized carbons (Fsp3) is 0.125. The molecule has 1 rings (SSSR count). The SMILES string of the molecule is Cc1ccc(C=O)c(Cl)c1F. The molecule has 0 amide bonds. The fourth-order valence-corrected chi connectivity index (χ4v) is 1.01. The van der Waals surface area contributed by atoms with E-state index in [4.69, 9.17) is 11.6 Å². The van der Waals surface area contributed by atoms with Crippen molar-refractivity contribution in [3.8, 4) is 0 Å². The number of carbonyl (C=O) groups excluding carboxylic acids is 1. The molecule has 0 aliphatic heterocycles. The van der Waals surface area contributed by atoms with Crippen molar-refractivity contribution in [1.29, 1.82) is 0 Å². The molecule has 0 heterocycles. The van der Waals surface area contributed by atoms with Gasteiger partial charge in [-0.2, -0.15) is 0 Å². The Morgan fingerprint density at radius 1 is 1.55 bits per heavy atom. The molecule has 0 aromatic heterocycles. The fourth-order valence-electron chi connectivity index (χ4n) is 0.752. The normalized spacial score (nSPS) is 9.73. The number of benzene rings is 1. The highest BCUT2D eigenvalue weighted by molar-refractivity contribution is 6.33. The Balaban J connectivity index is 3.36. The minimum atomic E-state index is -0.517. The lowest BCUT2D eigenvalue weighted by Crippen LogP contribution is -1.89. The first-order chi connectivity index (χ1) is 5.16. The molecule has 11 heavy (non-hydrogen) atoms. The summed E-state index contributed by atoms with van der Waals surface area (Å²) >= 11 is 5.49. The van der Waals surface area contributed by atoms with Crippen molar-refractivity contribution >= 4 is 17.9 Å². The Kier molecular flexibility index (Phi) is 2.25. The quantitative estimate of drug-likeness (QED) is 0.595. The Labute approximate surface area is 68.8 Å². The minimum absolute atomic E-state index is 0.0972. The Bertz CT molecular complexity index is 296. The van der Waals surface area contributed by atoms with E-state index >= 15 is 0 Å². The lowest BCUT2D eigenvalue weighted by Gasteiger charge is -1.99. The van der Waals surface area contributed by atoms with Crippen molar-refractivity contribution in [2.45, 2.75) is 6.92 Å². The van der Waals surface area contributed by atoms with Gasteiger partial charge in [-0.3, -0.25) is 4.79 Å². The van der Waals surface area contributed by atoms with Gasteiger partial charge in [0.25, 0.3) is 0 Å². The number of hydrogen-bond acceptors (Lipinski definition) is 1. The third-order valence-electron chi connectivity index (χ3n) is 1.43. The average Bonchev–Trinajstić information content (AvgIpc) is 2.01. The largest absolute Gasteiger partial charge is 0.298 e. The smallest absolute Gasteiger partial charge is 0.151 e. The molecule has 0 atom stereocenters. The summed E-state index contributed by atoms with van der Waals surface area (Å²) in [6.45, 7) is 1.59. The van der Waals surface area contributed by atoms with Gasteiger partial charge >= 0.3 is 0 Å². The van der Waals surface area contributed by atoms with Gasteiger partial charge in [0.05, 0.1) is 5.02 Å². The first-order valence-electron chi connectivity index (χ1n) is 3.06. The summed E-state index contributed by atoms with van der Waals surface area (Å²) in [5.41, 5.74) is 0.635. The number of rotatable bonds is 1. The van der Waals surface area contributed by atoms with Crippen molar-refractivity contribution in [1.82, 2.24) is 0 Å². The summed E-state index contributed by atoms with van der Waals surface area (Å²) < 4.78 is 12.9. The molecule has 0 saturated carbocycles. The monoisotopic (exact) mass is 172 g/mol. The van der Waals surface area contributed by atoms with Gasteiger partial charge < -0.3 is 0 Å². The number of hydrogen-bond donors (Lipinski definition) is 0. The highest BCUT2D eigenvalue weighted by Gasteiger charge is 2.06. The minimum Gasteiger partial charge on any atom is -0.298 e. The number of aldehydes is 1. The second-order valence-electron chi connectivity index (χ2n) is 2.22. The number of carbonyl (C=O) groups is 1. The van der Waals surface area contributed by atoms with Crippen LogP contribution in [0, 0.1) is 12.7 Å². The maximum Gasteiger partial charge on any atom is 0.151 e. The third kappa shape index (κ3) is 1.40. The van der Waals surface area contributed by atoms with Crippen LogP contribution in [0.2, 0.25) is 5.02 Å². The van der Waals surface area contributed by atoms with Crippen LogP contribution in [-0.2, 0) is 0 Å². The third-order valence-corrected chi connectivity index (χ3v) is 1.82. The van der Waals surface area contributed by atoms with Crippen molar-refractivity contribution < 1.29 is 9.18 Å². The van der Waals surface area contributed by atoms with Crippen molar-refractivity contribution in [3.63, 3.8) is 0 Å². The van der Waals surface area contributed by atoms with Crippen LogP contribution < -0.4 is 0 Å². The van der Waals surface area contributed by atoms with Gasteiger partial charge in [0.15, 0.2) is 6.29 Å². The average molecular weight is 173 g/mol. The standard InChI is InChI=1S/C8H6ClFO/c1-5-2-3-6(4-11)7(9)8(5)10/h2-4H,1H3. The molecular formula is C8H6ClFO. The van der Waals surface area contributed by atoms with Crippen LogP contribution in [0.5, 0.6) is 0 Å². The van der Waals surface area contributed by atoms with E-state index in [1.54, 1.807) is 6.92 Å². The Morgan fingerprint density at radius 3 is 2.73 bits per heavy atom. The molecule has 0 bridgehead atoms. The molecule has 0 fully saturated rings. The van der Waals surface area contributed by atoms with Crippen molar-refractivity contribution in [2.75, 3.05) is 0 Å². The van der Waals surface area contributed by atoms with E-state index < -0.39 is 5.82 Å². The molecule has 0 radical (unpaired) electrons. The van der Waals surface area contributed by atoms with Crippen LogP contribution in [0.4, 0.5) is 4.39 Å². The van der Waals surface area contributed by atoms with E-state index in [9.17, 15) is 9.18 Å². The zero-order valence-corrected chi connectivity index (χ0v) is 6.65. The molecule has 58 valence electrons. The van der Waals surface area contributed by atoms with Gasteiger partial charge in [-0.1, -0.05) is 17.7 Å². The predicted octanol–water partition coefficient (Wildman–Crippen LogP) is 2.60. The van der Waals surface area contributed by atoms with Gasteiger partial charge in [-0.15, -0.1) is 0 Å². The highest BCUT2D eigenvalue weighted by atomic mass is 35.5. The molecule has 0 unspecified atom stereocenters. The van der Waals surface area contributed by atoms with Crippen LogP contribution in [0.15, 0.2) is 12.1 Å². The molecule has 3 heteroatoms. The zero-order chi connectivity index (χ0) is 8.43. The summed E-state index contributed by atoms with van der Waals surface area (Å²) in [5.74, 6) is -0.517. The summed E-state index contributed by atoms with van der Waals surface area (Å²) in [6, 6.07) is 3.01. The van der Waals surface area contributed by atoms with Crippen molar-refractivity contribution in [2.24, 2.45) is 0 Å². The molecular weight excluding hydrogens is 167 g/mol. The molecule has 1 aromatic rings. The maximum absolute atomic E-state index is 12.9. The molecule has 1 nitrogen and oxygen atoms in total. The van der Waals surface area contributed by atoms with E-state index in [0.717, 1.165) is 0 Å². The van der Waals surface area contributed by atoms with E-state index in [1.807, 2.05) is 0 Å². The Hall–Kier alpha value is -0.890. The van der Waals surface area contributed by atoms with Crippen LogP contribution in [0.3, 0.4) is 0 Å². The predicted molar refractivity (Wildman–Crippen MR) is 41.5 cm³/mol. The van der Waals surface area contributed by atoms with Gasteiger partial charge in [0.1, 0.15) is 5.82 Å². The Morgan fingerprint density at radius 2 is 2.18 bits per heavy atom. The second-order valence-corrected chi connectivity index (χ2v) is 2.60. The lowest BCUT2D eigenvalue weighted by atomic mass is 10.1. The van der Waals surface area contributed by atoms with Crippen molar-refractivity contribution in [3.05, 3.63) is 34.1 Å². The molecule has 0 aliphatic rings. The van der Waals surface area contributed by atoms with Gasteiger partial charge in [0.2, 0.25) is 0 Å². The first kappa shape index (κ1) is 8.21. The molecule has 0 saturated heterocycles. The van der Waals surface area contributed by atoms with Crippen LogP contribution in [0.25, 0.3) is 0 Å². The first-order valence-corrected chi connectivity index (χ1v) is 3.44. The summed E-state index contributed by atoms with van der Waals surface area (Å²) in [5, 5.41) is -0.0972. The second kappa shape index (κ2) is 3.01. The molecule has 1 aromatic carbocycles. The van der Waals surface area contributed by atoms with E-state index in [1.165, 1.54) is 12.1 Å². The molecule has 0 aliphatic carbocycles. The summed E-state index contributed by atoms with van der Waals surface area (Å²) in [4.78, 5) is 10.2. The zero-order valence-electron chi connectivity index (χ0n) is 5.90. The maximum atomic E-state index is 12.9. The van der Waals surface area contributed by atoms with Gasteiger partial charge in [-0.25, -0.2) is 4.39 Å². The number of halogens is 2. The summed E-state index contributed by atoms with van der Waals surface area (Å²) in [6.07, 6.45) is 0.533. The summed E-state index contributed by atoms with van der Waals surface area (Å²) in [7, 11) is 0. The number of aryl methyl sites for hydroxylation is 1. The van der Waals surface area contributed by atoms with Gasteiger partial charge in [-0.05, 0) is 18.6 Å². The van der Waals surface area contributed by atoms with Crippen LogP contribution >= 0.6 is 11.6 Å². The topological polar surface area (TPSA) is 17.1 Å². The molecule has 0 spiro atoms. The van der Waals surface area contributed by atoms with Crippen LogP contribution in [-0.4, -0.2) is 6.29 Å². The highest BCUT2D eigenvalue weighted by Crippen LogP contribution is 2.20. The van der Waals surface area contributed by atoms with E-state index in [0.29, 0.717) is 11.8 Å². The lowest BCUT2D eigenvalue weighted by molar-refractivity contribution is 0.112. The van der Waals surface area contributed by atoms with Gasteiger partial charge in [0, 0.05) is 5.56 Å². The molecule has 0 N–H and O–H groups in total. The van der Waals surface area contributed by atoms with E-state index in [2.05, 4.69) is 0 Å². The van der Waals surface area contributed by atoms with E-state index in [-0.39, 0.29) is 10.6 Å².